The molecule has 3 aliphatic rings. The highest BCUT2D eigenvalue weighted by Gasteiger charge is 2.59. The van der Waals surface area contributed by atoms with E-state index in [0.717, 1.165) is 69.2 Å². The molecule has 0 aliphatic heterocycles. The van der Waals surface area contributed by atoms with Crippen molar-refractivity contribution in [2.24, 2.45) is 23.2 Å². The van der Waals surface area contributed by atoms with Crippen LogP contribution < -0.4 is 0 Å². The highest BCUT2D eigenvalue weighted by molar-refractivity contribution is 5.41. The molecule has 202 valence electrons. The fourth-order valence-corrected chi connectivity index (χ4v) is 8.21. The average Bonchev–Trinajstić information content (AvgIpc) is 3.17. The van der Waals surface area contributed by atoms with Gasteiger partial charge in [0, 0.05) is 18.3 Å². The molecule has 4 nitrogen and oxygen atoms in total. The lowest BCUT2D eigenvalue weighted by Crippen LogP contribution is -2.51. The van der Waals surface area contributed by atoms with Crippen molar-refractivity contribution >= 4 is 0 Å². The van der Waals surface area contributed by atoms with Gasteiger partial charge < -0.3 is 15.1 Å². The Balaban J connectivity index is 1.16. The van der Waals surface area contributed by atoms with Gasteiger partial charge in [-0.15, -0.1) is 0 Å². The van der Waals surface area contributed by atoms with Gasteiger partial charge in [-0.3, -0.25) is 4.98 Å². The number of rotatable bonds is 10. The molecule has 1 aromatic heterocycles. The van der Waals surface area contributed by atoms with E-state index >= 15 is 4.39 Å². The van der Waals surface area contributed by atoms with Crippen molar-refractivity contribution in [3.05, 3.63) is 59.4 Å². The Labute approximate surface area is 222 Å². The number of benzene rings is 1. The molecule has 0 bridgehead atoms. The molecule has 3 aliphatic carbocycles. The summed E-state index contributed by atoms with van der Waals surface area (Å²) < 4.78 is 15.9. The van der Waals surface area contributed by atoms with Crippen molar-refractivity contribution in [2.75, 3.05) is 20.1 Å². The largest absolute Gasteiger partial charge is 0.508 e. The Bertz CT molecular complexity index is 1030. The minimum absolute atomic E-state index is 0.0938. The van der Waals surface area contributed by atoms with E-state index in [9.17, 15) is 10.2 Å². The zero-order valence-corrected chi connectivity index (χ0v) is 22.7. The molecule has 0 unspecified atom stereocenters. The molecule has 5 heteroatoms. The minimum atomic E-state index is -0.926. The molecule has 1 heterocycles. The molecular weight excluding hydrogens is 463 g/mol. The zero-order valence-electron chi connectivity index (χ0n) is 22.7. The number of aryl methyl sites for hydroxylation is 1. The number of aliphatic hydroxyl groups is 1. The molecule has 37 heavy (non-hydrogen) atoms. The Morgan fingerprint density at radius 1 is 1.11 bits per heavy atom. The third kappa shape index (κ3) is 5.59. The number of phenols is 1. The quantitative estimate of drug-likeness (QED) is 0.370. The molecule has 0 amide bonds. The van der Waals surface area contributed by atoms with Crippen LogP contribution in [0.25, 0.3) is 0 Å². The first kappa shape index (κ1) is 26.6. The van der Waals surface area contributed by atoms with E-state index in [1.165, 1.54) is 18.4 Å². The number of unbranched alkanes of at least 4 members (excludes halogenated alkanes) is 2. The number of aliphatic hydroxyl groups excluding tert-OH is 1. The number of halogens is 1. The zero-order chi connectivity index (χ0) is 26.0. The molecule has 0 saturated heterocycles. The molecule has 7 atom stereocenters. The Hall–Kier alpha value is -1.98. The van der Waals surface area contributed by atoms with Crippen LogP contribution in [-0.4, -0.2) is 52.5 Å². The monoisotopic (exact) mass is 508 g/mol. The van der Waals surface area contributed by atoms with Gasteiger partial charge in [0.2, 0.25) is 0 Å². The lowest BCUT2D eigenvalue weighted by molar-refractivity contribution is -0.0722. The van der Waals surface area contributed by atoms with Gasteiger partial charge in [0.25, 0.3) is 0 Å². The Morgan fingerprint density at radius 2 is 1.95 bits per heavy atom. The fourth-order valence-electron chi connectivity index (χ4n) is 8.21. The van der Waals surface area contributed by atoms with Crippen LogP contribution >= 0.6 is 0 Å². The van der Waals surface area contributed by atoms with Crippen molar-refractivity contribution in [2.45, 2.75) is 89.3 Å². The van der Waals surface area contributed by atoms with Crippen molar-refractivity contribution in [1.82, 2.24) is 9.88 Å². The molecule has 5 rings (SSSR count). The van der Waals surface area contributed by atoms with Gasteiger partial charge in [-0.2, -0.15) is 0 Å². The SMILES string of the molecule is CN(CCCCC[C@@H]1Cc2cc(O)ccc2[C@@H]2[C@@H]1[C@@H]1CC[C@H](O)[C@@]1(C)C[C@@H]2F)CCCc1cccnc1. The van der Waals surface area contributed by atoms with Crippen LogP contribution in [0.5, 0.6) is 5.75 Å². The second-order valence-corrected chi connectivity index (χ2v) is 12.5. The molecule has 2 aromatic rings. The Morgan fingerprint density at radius 3 is 2.76 bits per heavy atom. The Kier molecular flexibility index (Phi) is 8.21. The van der Waals surface area contributed by atoms with Crippen LogP contribution in [-0.2, 0) is 12.8 Å². The van der Waals surface area contributed by atoms with Crippen LogP contribution in [0.1, 0.15) is 80.9 Å². The summed E-state index contributed by atoms with van der Waals surface area (Å²) in [6.45, 7) is 4.35. The first-order chi connectivity index (χ1) is 17.9. The predicted octanol–water partition coefficient (Wildman–Crippen LogP) is 6.30. The van der Waals surface area contributed by atoms with Crippen molar-refractivity contribution in [3.63, 3.8) is 0 Å². The molecule has 1 aromatic carbocycles. The summed E-state index contributed by atoms with van der Waals surface area (Å²) in [4.78, 5) is 6.64. The van der Waals surface area contributed by atoms with Crippen molar-refractivity contribution in [1.29, 1.82) is 0 Å². The van der Waals surface area contributed by atoms with E-state index in [2.05, 4.69) is 29.9 Å². The van der Waals surface area contributed by atoms with Crippen LogP contribution in [0, 0.1) is 23.2 Å². The van der Waals surface area contributed by atoms with Crippen LogP contribution in [0.15, 0.2) is 42.7 Å². The highest BCUT2D eigenvalue weighted by Crippen LogP contribution is 2.63. The summed E-state index contributed by atoms with van der Waals surface area (Å²) in [7, 11) is 2.22. The molecule has 2 N–H and O–H groups in total. The van der Waals surface area contributed by atoms with Gasteiger partial charge in [-0.05, 0) is 130 Å². The molecule has 2 fully saturated rings. The van der Waals surface area contributed by atoms with E-state index in [1.807, 2.05) is 30.6 Å². The third-order valence-electron chi connectivity index (χ3n) is 10.1. The number of hydrogen-bond donors (Lipinski definition) is 2. The van der Waals surface area contributed by atoms with Crippen molar-refractivity contribution < 1.29 is 14.6 Å². The first-order valence-electron chi connectivity index (χ1n) is 14.6. The van der Waals surface area contributed by atoms with Crippen LogP contribution in [0.3, 0.4) is 0 Å². The molecule has 0 spiro atoms. The van der Waals surface area contributed by atoms with E-state index in [-0.39, 0.29) is 29.1 Å². The molecule has 2 saturated carbocycles. The van der Waals surface area contributed by atoms with Gasteiger partial charge in [0.15, 0.2) is 0 Å². The standard InChI is InChI=1S/C32H45FN2O2/c1-32-20-28(33)31-26-12-11-25(36)19-24(26)18-23(30(31)27(32)13-14-29(32)37)10-4-3-5-16-35(2)17-7-9-22-8-6-15-34-21-22/h6,8,11-12,15,19,21,23,27-31,36-37H,3-5,7,9-10,13-14,16-18,20H2,1-2H3/t23-,27+,28+,29+,30+,31+,32+/m1/s1. The lowest BCUT2D eigenvalue weighted by atomic mass is 9.51. The molecule has 0 radical (unpaired) electrons. The number of aromatic nitrogens is 1. The maximum Gasteiger partial charge on any atom is 0.115 e. The van der Waals surface area contributed by atoms with E-state index in [4.69, 9.17) is 0 Å². The minimum Gasteiger partial charge on any atom is -0.508 e. The lowest BCUT2D eigenvalue weighted by Gasteiger charge is -2.54. The first-order valence-corrected chi connectivity index (χ1v) is 14.6. The summed E-state index contributed by atoms with van der Waals surface area (Å²) in [5.74, 6) is 1.29. The smallest absolute Gasteiger partial charge is 0.115 e. The van der Waals surface area contributed by atoms with Crippen LogP contribution in [0.2, 0.25) is 0 Å². The third-order valence-corrected chi connectivity index (χ3v) is 10.1. The fraction of sp³-hybridized carbons (Fsp3) is 0.656. The maximum atomic E-state index is 15.9. The van der Waals surface area contributed by atoms with E-state index in [1.54, 1.807) is 6.07 Å². The average molecular weight is 509 g/mol. The number of pyridine rings is 1. The molecular formula is C32H45FN2O2. The summed E-state index contributed by atoms with van der Waals surface area (Å²) in [6, 6.07) is 9.74. The highest BCUT2D eigenvalue weighted by atomic mass is 19.1. The van der Waals surface area contributed by atoms with Crippen LogP contribution in [0.4, 0.5) is 4.39 Å². The van der Waals surface area contributed by atoms with E-state index < -0.39 is 6.17 Å². The number of phenolic OH excluding ortho intramolecular Hbond substituents is 1. The van der Waals surface area contributed by atoms with Gasteiger partial charge >= 0.3 is 0 Å². The summed E-state index contributed by atoms with van der Waals surface area (Å²) in [5, 5.41) is 21.0. The van der Waals surface area contributed by atoms with Crippen molar-refractivity contribution in [3.8, 4) is 5.75 Å². The summed E-state index contributed by atoms with van der Waals surface area (Å²) >= 11 is 0. The number of hydrogen-bond acceptors (Lipinski definition) is 4. The predicted molar refractivity (Wildman–Crippen MR) is 146 cm³/mol. The normalized spacial score (nSPS) is 32.7. The van der Waals surface area contributed by atoms with Gasteiger partial charge in [-0.25, -0.2) is 4.39 Å². The topological polar surface area (TPSA) is 56.6 Å². The number of alkyl halides is 1. The van der Waals surface area contributed by atoms with E-state index in [0.29, 0.717) is 18.3 Å². The maximum absolute atomic E-state index is 15.9. The number of nitrogens with zero attached hydrogens (tertiary/aromatic N) is 2. The summed E-state index contributed by atoms with van der Waals surface area (Å²) in [6.07, 6.45) is 12.5. The van der Waals surface area contributed by atoms with Gasteiger partial charge in [0.1, 0.15) is 11.9 Å². The number of aromatic hydroxyl groups is 1. The summed E-state index contributed by atoms with van der Waals surface area (Å²) in [5.41, 5.74) is 3.26. The second kappa shape index (κ2) is 11.4. The van der Waals surface area contributed by atoms with Gasteiger partial charge in [0.05, 0.1) is 6.10 Å². The number of fused-ring (bicyclic) bond motifs is 5. The second-order valence-electron chi connectivity index (χ2n) is 12.5. The van der Waals surface area contributed by atoms with Gasteiger partial charge in [-0.1, -0.05) is 31.9 Å².